The molecule has 1 N–H and O–H groups in total. The van der Waals surface area contributed by atoms with Crippen LogP contribution in [0.2, 0.25) is 0 Å². The highest BCUT2D eigenvalue weighted by Gasteiger charge is 2.27. The van der Waals surface area contributed by atoms with Gasteiger partial charge in [0.25, 0.3) is 5.91 Å². The lowest BCUT2D eigenvalue weighted by molar-refractivity contribution is 0.0735. The van der Waals surface area contributed by atoms with Crippen LogP contribution in [0.15, 0.2) is 23.0 Å². The molecule has 0 radical (unpaired) electrons. The second-order valence-corrected chi connectivity index (χ2v) is 6.60. The van der Waals surface area contributed by atoms with E-state index in [1.54, 1.807) is 12.4 Å². The molecule has 2 fully saturated rings. The first kappa shape index (κ1) is 16.0. The number of nitrogens with one attached hydrogen (secondary N) is 1. The lowest BCUT2D eigenvalue weighted by Gasteiger charge is -2.27. The van der Waals surface area contributed by atoms with E-state index in [0.717, 1.165) is 18.8 Å². The summed E-state index contributed by atoms with van der Waals surface area (Å²) in [6.45, 7) is 3.58. The summed E-state index contributed by atoms with van der Waals surface area (Å²) in [6.07, 6.45) is 7.38. The molecule has 2 aliphatic rings. The molecule has 1 saturated carbocycles. The molecule has 8 heteroatoms. The van der Waals surface area contributed by atoms with Gasteiger partial charge < -0.3 is 19.5 Å². The molecule has 3 heterocycles. The number of aromatic nitrogens is 3. The zero-order chi connectivity index (χ0) is 17.2. The Morgan fingerprint density at radius 1 is 1.24 bits per heavy atom. The van der Waals surface area contributed by atoms with E-state index >= 15 is 0 Å². The topological polar surface area (TPSA) is 87.4 Å². The standard InChI is InChI=1S/C17H22N6O2/c1-22(11-15-19-10-14(25-15)12-2-3-12)17-20-8-13(9-21-17)16(24)23-6-4-18-5-7-23/h8-10,12,18H,2-7,11H2,1H3. The maximum atomic E-state index is 12.4. The third-order valence-electron chi connectivity index (χ3n) is 4.55. The van der Waals surface area contributed by atoms with Crippen molar-refractivity contribution in [3.05, 3.63) is 35.8 Å². The van der Waals surface area contributed by atoms with E-state index in [2.05, 4.69) is 20.3 Å². The zero-order valence-electron chi connectivity index (χ0n) is 14.3. The van der Waals surface area contributed by atoms with Crippen molar-refractivity contribution in [3.63, 3.8) is 0 Å². The number of oxazole rings is 1. The average molecular weight is 342 g/mol. The lowest BCUT2D eigenvalue weighted by Crippen LogP contribution is -2.46. The molecule has 1 saturated heterocycles. The van der Waals surface area contributed by atoms with Gasteiger partial charge in [0.05, 0.1) is 18.3 Å². The predicted molar refractivity (Wildman–Crippen MR) is 91.4 cm³/mol. The van der Waals surface area contributed by atoms with E-state index in [1.165, 1.54) is 12.8 Å². The Hall–Kier alpha value is -2.48. The van der Waals surface area contributed by atoms with E-state index in [1.807, 2.05) is 23.0 Å². The van der Waals surface area contributed by atoms with Crippen LogP contribution in [0.1, 0.15) is 40.8 Å². The van der Waals surface area contributed by atoms with Gasteiger partial charge in [-0.2, -0.15) is 0 Å². The summed E-state index contributed by atoms with van der Waals surface area (Å²) in [5.41, 5.74) is 0.520. The number of anilines is 1. The van der Waals surface area contributed by atoms with Gasteiger partial charge in [-0.1, -0.05) is 0 Å². The molecular weight excluding hydrogens is 320 g/mol. The maximum Gasteiger partial charge on any atom is 0.257 e. The van der Waals surface area contributed by atoms with Gasteiger partial charge in [-0.3, -0.25) is 4.79 Å². The molecule has 2 aromatic heterocycles. The molecule has 0 spiro atoms. The maximum absolute atomic E-state index is 12.4. The summed E-state index contributed by atoms with van der Waals surface area (Å²) < 4.78 is 5.77. The van der Waals surface area contributed by atoms with Gasteiger partial charge in [0.15, 0.2) is 0 Å². The highest BCUT2D eigenvalue weighted by Crippen LogP contribution is 2.40. The minimum Gasteiger partial charge on any atom is -0.443 e. The number of nitrogens with zero attached hydrogens (tertiary/aromatic N) is 5. The molecule has 0 bridgehead atoms. The van der Waals surface area contributed by atoms with E-state index in [9.17, 15) is 4.79 Å². The number of hydrogen-bond donors (Lipinski definition) is 1. The fraction of sp³-hybridized carbons (Fsp3) is 0.529. The van der Waals surface area contributed by atoms with Crippen molar-refractivity contribution in [2.45, 2.75) is 25.3 Å². The number of amides is 1. The number of carbonyl (C=O) groups is 1. The highest BCUT2D eigenvalue weighted by molar-refractivity contribution is 5.93. The molecule has 132 valence electrons. The highest BCUT2D eigenvalue weighted by atomic mass is 16.4. The lowest BCUT2D eigenvalue weighted by atomic mass is 10.2. The number of piperazine rings is 1. The molecule has 0 atom stereocenters. The van der Waals surface area contributed by atoms with Gasteiger partial charge in [0.2, 0.25) is 11.8 Å². The molecule has 1 amide bonds. The van der Waals surface area contributed by atoms with E-state index in [0.29, 0.717) is 43.0 Å². The summed E-state index contributed by atoms with van der Waals surface area (Å²) in [5, 5.41) is 3.23. The van der Waals surface area contributed by atoms with Crippen molar-refractivity contribution >= 4 is 11.9 Å². The van der Waals surface area contributed by atoms with Crippen molar-refractivity contribution in [2.24, 2.45) is 0 Å². The number of rotatable bonds is 5. The van der Waals surface area contributed by atoms with Crippen molar-refractivity contribution in [3.8, 4) is 0 Å². The van der Waals surface area contributed by atoms with Crippen molar-refractivity contribution in [2.75, 3.05) is 38.1 Å². The minimum atomic E-state index is -0.0162. The van der Waals surface area contributed by atoms with Crippen LogP contribution >= 0.6 is 0 Å². The van der Waals surface area contributed by atoms with Gasteiger partial charge in [-0.05, 0) is 12.8 Å². The summed E-state index contributed by atoms with van der Waals surface area (Å²) in [4.78, 5) is 29.1. The van der Waals surface area contributed by atoms with Crippen molar-refractivity contribution < 1.29 is 9.21 Å². The van der Waals surface area contributed by atoms with Crippen LogP contribution in [-0.4, -0.2) is 59.0 Å². The fourth-order valence-corrected chi connectivity index (χ4v) is 2.91. The van der Waals surface area contributed by atoms with Gasteiger partial charge in [-0.15, -0.1) is 0 Å². The van der Waals surface area contributed by atoms with Crippen LogP contribution in [0.4, 0.5) is 5.95 Å². The van der Waals surface area contributed by atoms with Crippen LogP contribution in [0.25, 0.3) is 0 Å². The van der Waals surface area contributed by atoms with Gasteiger partial charge in [-0.25, -0.2) is 15.0 Å². The molecule has 0 aromatic carbocycles. The smallest absolute Gasteiger partial charge is 0.257 e. The molecule has 1 aliphatic heterocycles. The molecule has 0 unspecified atom stereocenters. The van der Waals surface area contributed by atoms with Gasteiger partial charge in [0, 0.05) is 51.5 Å². The molecule has 1 aliphatic carbocycles. The first-order chi connectivity index (χ1) is 12.2. The van der Waals surface area contributed by atoms with Crippen LogP contribution in [0.3, 0.4) is 0 Å². The van der Waals surface area contributed by atoms with Gasteiger partial charge in [0.1, 0.15) is 5.76 Å². The fourth-order valence-electron chi connectivity index (χ4n) is 2.91. The summed E-state index contributed by atoms with van der Waals surface area (Å²) in [5.74, 6) is 2.72. The minimum absolute atomic E-state index is 0.0162. The summed E-state index contributed by atoms with van der Waals surface area (Å²) in [7, 11) is 1.88. The molecule has 8 nitrogen and oxygen atoms in total. The Morgan fingerprint density at radius 3 is 2.64 bits per heavy atom. The van der Waals surface area contributed by atoms with Crippen LogP contribution in [-0.2, 0) is 6.54 Å². The Bertz CT molecular complexity index is 734. The monoisotopic (exact) mass is 342 g/mol. The van der Waals surface area contributed by atoms with Crippen molar-refractivity contribution in [1.29, 1.82) is 0 Å². The van der Waals surface area contributed by atoms with E-state index in [-0.39, 0.29) is 5.91 Å². The molecular formula is C17H22N6O2. The normalized spacial score (nSPS) is 17.6. The second-order valence-electron chi connectivity index (χ2n) is 6.60. The molecule has 25 heavy (non-hydrogen) atoms. The Morgan fingerprint density at radius 2 is 1.96 bits per heavy atom. The third-order valence-corrected chi connectivity index (χ3v) is 4.55. The first-order valence-electron chi connectivity index (χ1n) is 8.68. The largest absolute Gasteiger partial charge is 0.443 e. The summed E-state index contributed by atoms with van der Waals surface area (Å²) in [6, 6.07) is 0. The van der Waals surface area contributed by atoms with Gasteiger partial charge >= 0.3 is 0 Å². The Balaban J connectivity index is 1.39. The van der Waals surface area contributed by atoms with Crippen LogP contribution in [0, 0.1) is 0 Å². The van der Waals surface area contributed by atoms with Crippen LogP contribution < -0.4 is 10.2 Å². The first-order valence-corrected chi connectivity index (χ1v) is 8.68. The SMILES string of the molecule is CN(Cc1ncc(C2CC2)o1)c1ncc(C(=O)N2CCNCC2)cn1. The van der Waals surface area contributed by atoms with E-state index < -0.39 is 0 Å². The average Bonchev–Trinajstić information content (AvgIpc) is 3.41. The Labute approximate surface area is 146 Å². The molecule has 4 rings (SSSR count). The van der Waals surface area contributed by atoms with Crippen LogP contribution in [0.5, 0.6) is 0 Å². The van der Waals surface area contributed by atoms with E-state index in [4.69, 9.17) is 4.42 Å². The Kier molecular flexibility index (Phi) is 4.35. The van der Waals surface area contributed by atoms with Crippen molar-refractivity contribution in [1.82, 2.24) is 25.2 Å². The second kappa shape index (κ2) is 6.79. The quantitative estimate of drug-likeness (QED) is 0.868. The predicted octanol–water partition coefficient (Wildman–Crippen LogP) is 1.02. The number of hydrogen-bond acceptors (Lipinski definition) is 7. The third kappa shape index (κ3) is 3.63. The number of carbonyl (C=O) groups excluding carboxylic acids is 1. The summed E-state index contributed by atoms with van der Waals surface area (Å²) >= 11 is 0. The zero-order valence-corrected chi connectivity index (χ0v) is 14.3. The molecule has 2 aromatic rings.